The first-order chi connectivity index (χ1) is 20.3. The molecule has 12 nitrogen and oxygen atoms in total. The number of phenolic OH excluding ortho intramolecular Hbond substituents is 1. The predicted molar refractivity (Wildman–Crippen MR) is 152 cm³/mol. The van der Waals surface area contributed by atoms with Crippen LogP contribution in [0, 0.1) is 27.9 Å². The van der Waals surface area contributed by atoms with Gasteiger partial charge < -0.3 is 14.6 Å². The molecule has 2 aromatic rings. The summed E-state index contributed by atoms with van der Waals surface area (Å²) >= 11 is 14.3. The van der Waals surface area contributed by atoms with Crippen molar-refractivity contribution in [2.45, 2.75) is 28.5 Å². The van der Waals surface area contributed by atoms with Gasteiger partial charge in [0, 0.05) is 25.1 Å². The topological polar surface area (TPSA) is 157 Å². The minimum Gasteiger partial charge on any atom is -0.502 e. The van der Waals surface area contributed by atoms with Crippen LogP contribution in [0.5, 0.6) is 17.2 Å². The van der Waals surface area contributed by atoms with E-state index in [-0.39, 0.29) is 41.5 Å². The van der Waals surface area contributed by atoms with Crippen LogP contribution in [0.1, 0.15) is 24.3 Å². The highest BCUT2D eigenvalue weighted by molar-refractivity contribution is 6.53. The molecule has 0 spiro atoms. The van der Waals surface area contributed by atoms with Gasteiger partial charge in [0.15, 0.2) is 21.2 Å². The molecule has 3 fully saturated rings. The van der Waals surface area contributed by atoms with Crippen molar-refractivity contribution >= 4 is 58.2 Å². The number of halogens is 2. The Morgan fingerprint density at radius 3 is 2.14 bits per heavy atom. The van der Waals surface area contributed by atoms with Gasteiger partial charge in [-0.05, 0) is 48.6 Å². The highest BCUT2D eigenvalue weighted by Crippen LogP contribution is 2.66. The molecule has 0 bridgehead atoms. The van der Waals surface area contributed by atoms with Crippen molar-refractivity contribution in [3.05, 3.63) is 63.7 Å². The second kappa shape index (κ2) is 9.68. The summed E-state index contributed by atoms with van der Waals surface area (Å²) in [6.45, 7) is 0. The maximum absolute atomic E-state index is 14.0. The highest BCUT2D eigenvalue weighted by Gasteiger charge is 2.76. The number of carbonyl (C=O) groups excluding carboxylic acids is 4. The van der Waals surface area contributed by atoms with Gasteiger partial charge >= 0.3 is 0 Å². The quantitative estimate of drug-likeness (QED) is 0.172. The number of nitro benzene ring substituents is 1. The molecule has 43 heavy (non-hydrogen) atoms. The van der Waals surface area contributed by atoms with Gasteiger partial charge in [-0.1, -0.05) is 11.6 Å². The summed E-state index contributed by atoms with van der Waals surface area (Å²) < 4.78 is 10.7. The van der Waals surface area contributed by atoms with Crippen molar-refractivity contribution in [2.24, 2.45) is 17.8 Å². The molecule has 0 unspecified atom stereocenters. The van der Waals surface area contributed by atoms with E-state index in [9.17, 15) is 34.4 Å². The van der Waals surface area contributed by atoms with Crippen LogP contribution in [0.3, 0.4) is 0 Å². The third kappa shape index (κ3) is 3.69. The van der Waals surface area contributed by atoms with Crippen LogP contribution >= 0.6 is 23.2 Å². The summed E-state index contributed by atoms with van der Waals surface area (Å²) in [6, 6.07) is 8.02. The lowest BCUT2D eigenvalue weighted by atomic mass is 9.56. The molecule has 2 heterocycles. The molecular formula is C29H25Cl2N3O9. The number of hydrogen-bond donors (Lipinski definition) is 1. The van der Waals surface area contributed by atoms with Crippen LogP contribution in [-0.4, -0.2) is 69.6 Å². The molecule has 2 aromatic carbocycles. The summed E-state index contributed by atoms with van der Waals surface area (Å²) in [6.07, 6.45) is 1.70. The average Bonchev–Trinajstić information content (AvgIpc) is 3.32. The number of ether oxygens (including phenoxy) is 2. The Kier molecular flexibility index (Phi) is 6.51. The molecular weight excluding hydrogens is 605 g/mol. The summed E-state index contributed by atoms with van der Waals surface area (Å²) in [5.41, 5.74) is 0.873. The van der Waals surface area contributed by atoms with Crippen LogP contribution < -0.4 is 14.4 Å². The number of carbonyl (C=O) groups is 4. The van der Waals surface area contributed by atoms with E-state index < -0.39 is 62.0 Å². The second-order valence-corrected chi connectivity index (χ2v) is 12.3. The molecule has 0 radical (unpaired) electrons. The second-order valence-electron chi connectivity index (χ2n) is 11.1. The van der Waals surface area contributed by atoms with Gasteiger partial charge in [-0.15, -0.1) is 23.2 Å². The molecule has 4 amide bonds. The summed E-state index contributed by atoms with van der Waals surface area (Å²) in [7, 11) is 3.96. The minimum atomic E-state index is -2.02. The van der Waals surface area contributed by atoms with E-state index in [0.29, 0.717) is 11.1 Å². The summed E-state index contributed by atoms with van der Waals surface area (Å²) in [5, 5.41) is 21.7. The van der Waals surface area contributed by atoms with Gasteiger partial charge in [0.2, 0.25) is 17.6 Å². The van der Waals surface area contributed by atoms with Crippen molar-refractivity contribution in [3.63, 3.8) is 0 Å². The molecule has 0 aromatic heterocycles. The number of alkyl halides is 2. The number of nitrogens with zero attached hydrogens (tertiary/aromatic N) is 3. The number of phenols is 1. The average molecular weight is 630 g/mol. The first-order valence-electron chi connectivity index (χ1n) is 13.3. The van der Waals surface area contributed by atoms with Crippen molar-refractivity contribution in [2.75, 3.05) is 26.2 Å². The van der Waals surface area contributed by atoms with Crippen molar-refractivity contribution in [1.29, 1.82) is 0 Å². The number of hydrogen-bond acceptors (Lipinski definition) is 9. The highest BCUT2D eigenvalue weighted by atomic mass is 35.5. The number of amides is 4. The molecule has 2 saturated heterocycles. The lowest BCUT2D eigenvalue weighted by Crippen LogP contribution is -2.60. The zero-order valence-corrected chi connectivity index (χ0v) is 24.6. The maximum atomic E-state index is 14.0. The lowest BCUT2D eigenvalue weighted by molar-refractivity contribution is -0.384. The van der Waals surface area contributed by atoms with Crippen LogP contribution in [0.2, 0.25) is 0 Å². The standard InChI is InChI=1S/C29H25Cl2N3O9/c1-32-26(38)28(30)12-18-16(22(29(28,31)27(32)39)13-10-19(42-2)23(35)20(11-13)43-3)8-9-17-21(18)25(37)33(24(17)36)14-4-6-15(7-5-14)34(40)41/h4-8,10-11,17-18,21-22,35H,9,12H2,1-3H3/t17-,18+,21-,22-,28+,29-/m0/s1. The van der Waals surface area contributed by atoms with Gasteiger partial charge in [0.05, 0.1) is 36.7 Å². The zero-order valence-electron chi connectivity index (χ0n) is 23.1. The number of rotatable bonds is 5. The van der Waals surface area contributed by atoms with Gasteiger partial charge in [0.25, 0.3) is 17.5 Å². The normalized spacial score (nSPS) is 31.4. The number of aromatic hydroxyl groups is 1. The number of nitro groups is 1. The molecule has 224 valence electrons. The van der Waals surface area contributed by atoms with E-state index in [2.05, 4.69) is 0 Å². The molecule has 2 aliphatic heterocycles. The van der Waals surface area contributed by atoms with Gasteiger partial charge in [-0.25, -0.2) is 0 Å². The molecule has 2 aliphatic carbocycles. The largest absolute Gasteiger partial charge is 0.502 e. The van der Waals surface area contributed by atoms with Crippen molar-refractivity contribution in [1.82, 2.24) is 4.90 Å². The number of non-ortho nitro benzene ring substituents is 1. The van der Waals surface area contributed by atoms with Crippen LogP contribution in [0.25, 0.3) is 0 Å². The van der Waals surface area contributed by atoms with Crippen LogP contribution in [0.4, 0.5) is 11.4 Å². The van der Waals surface area contributed by atoms with E-state index in [4.69, 9.17) is 32.7 Å². The predicted octanol–water partition coefficient (Wildman–Crippen LogP) is 3.51. The Morgan fingerprint density at radius 2 is 1.58 bits per heavy atom. The summed E-state index contributed by atoms with van der Waals surface area (Å²) in [4.78, 5) is 63.4. The molecule has 1 N–H and O–H groups in total. The zero-order chi connectivity index (χ0) is 31.2. The number of allylic oxidation sites excluding steroid dienone is 2. The minimum absolute atomic E-state index is 0.0211. The number of fused-ring (bicyclic) bond motifs is 4. The van der Waals surface area contributed by atoms with E-state index in [0.717, 1.165) is 9.80 Å². The molecule has 14 heteroatoms. The molecule has 6 atom stereocenters. The third-order valence-electron chi connectivity index (χ3n) is 9.17. The smallest absolute Gasteiger partial charge is 0.269 e. The van der Waals surface area contributed by atoms with Crippen molar-refractivity contribution < 1.29 is 38.7 Å². The Morgan fingerprint density at radius 1 is 0.977 bits per heavy atom. The fourth-order valence-electron chi connectivity index (χ4n) is 7.18. The molecule has 1 saturated carbocycles. The number of benzene rings is 2. The number of anilines is 1. The Bertz CT molecular complexity index is 1640. The van der Waals surface area contributed by atoms with E-state index in [1.54, 1.807) is 6.08 Å². The van der Waals surface area contributed by atoms with Crippen molar-refractivity contribution in [3.8, 4) is 17.2 Å². The Labute approximate surface area is 254 Å². The first-order valence-corrected chi connectivity index (χ1v) is 14.0. The third-order valence-corrected chi connectivity index (χ3v) is 10.6. The lowest BCUT2D eigenvalue weighted by Gasteiger charge is -2.50. The first kappa shape index (κ1) is 28.9. The Hall–Kier alpha value is -4.16. The SMILES string of the molecule is COc1cc([C@H]2C3=CC[C@@H]4C(=O)N(c5ccc([N+](=O)[O-])cc5)C(=O)[C@@H]4[C@@H]3C[C@@]3(Cl)C(=O)N(C)C(=O)[C@@]23Cl)cc(OC)c1O. The van der Waals surface area contributed by atoms with Gasteiger partial charge in [-0.2, -0.15) is 0 Å². The van der Waals surface area contributed by atoms with E-state index in [1.165, 1.54) is 57.7 Å². The molecule has 4 aliphatic rings. The molecule has 6 rings (SSSR count). The fourth-order valence-corrected chi connectivity index (χ4v) is 8.20. The summed E-state index contributed by atoms with van der Waals surface area (Å²) in [5.74, 6) is -6.34. The van der Waals surface area contributed by atoms with Crippen LogP contribution in [-0.2, 0) is 19.2 Å². The number of methoxy groups -OCH3 is 2. The van der Waals surface area contributed by atoms with E-state index in [1.807, 2.05) is 0 Å². The Balaban J connectivity index is 1.51. The number of imide groups is 2. The van der Waals surface area contributed by atoms with Gasteiger partial charge in [0.1, 0.15) is 0 Å². The fraction of sp³-hybridized carbons (Fsp3) is 0.379. The maximum Gasteiger partial charge on any atom is 0.269 e. The van der Waals surface area contributed by atoms with Gasteiger partial charge in [-0.3, -0.25) is 39.1 Å². The van der Waals surface area contributed by atoms with E-state index >= 15 is 0 Å². The number of likely N-dealkylation sites (tertiary alicyclic amines) is 1. The monoisotopic (exact) mass is 629 g/mol. The van der Waals surface area contributed by atoms with Crippen LogP contribution in [0.15, 0.2) is 48.0 Å².